The van der Waals surface area contributed by atoms with Gasteiger partial charge in [-0.1, -0.05) is 13.8 Å². The lowest BCUT2D eigenvalue weighted by molar-refractivity contribution is -0.138. The first kappa shape index (κ1) is 14.5. The predicted molar refractivity (Wildman–Crippen MR) is 71.9 cm³/mol. The van der Waals surface area contributed by atoms with Gasteiger partial charge in [0.2, 0.25) is 5.91 Å². The van der Waals surface area contributed by atoms with E-state index in [2.05, 4.69) is 33.0 Å². The summed E-state index contributed by atoms with van der Waals surface area (Å²) in [5, 5.41) is 3.50. The molecule has 2 unspecified atom stereocenters. The second-order valence-electron chi connectivity index (χ2n) is 6.56. The molecule has 0 aromatic carbocycles. The minimum atomic E-state index is 0.160. The van der Waals surface area contributed by atoms with E-state index in [0.717, 1.165) is 32.5 Å². The molecule has 1 saturated heterocycles. The van der Waals surface area contributed by atoms with Crippen LogP contribution in [0.1, 0.15) is 47.5 Å². The molecule has 1 rings (SSSR count). The highest BCUT2D eigenvalue weighted by atomic mass is 16.2. The summed E-state index contributed by atoms with van der Waals surface area (Å²) < 4.78 is 0. The average Bonchev–Trinajstić information content (AvgIpc) is 2.21. The van der Waals surface area contributed by atoms with Gasteiger partial charge in [0.25, 0.3) is 0 Å². The lowest BCUT2D eigenvalue weighted by Gasteiger charge is -2.33. The third-order valence-electron chi connectivity index (χ3n) is 3.31. The fourth-order valence-electron chi connectivity index (χ4n) is 2.24. The van der Waals surface area contributed by atoms with Crippen molar-refractivity contribution in [3.63, 3.8) is 0 Å². The van der Waals surface area contributed by atoms with Crippen LogP contribution in [-0.4, -0.2) is 36.0 Å². The highest BCUT2D eigenvalue weighted by molar-refractivity contribution is 5.79. The molecule has 2 atom stereocenters. The monoisotopic (exact) mass is 240 g/mol. The molecule has 3 nitrogen and oxygen atoms in total. The summed E-state index contributed by atoms with van der Waals surface area (Å²) in [5.41, 5.74) is 0.160. The van der Waals surface area contributed by atoms with E-state index in [1.807, 2.05) is 11.8 Å². The minimum absolute atomic E-state index is 0.160. The van der Waals surface area contributed by atoms with Crippen LogP contribution in [0.3, 0.4) is 0 Å². The van der Waals surface area contributed by atoms with Crippen LogP contribution in [0.5, 0.6) is 0 Å². The van der Waals surface area contributed by atoms with Crippen LogP contribution >= 0.6 is 0 Å². The summed E-state index contributed by atoms with van der Waals surface area (Å²) in [6.45, 7) is 13.6. The standard InChI is InChI=1S/C14H28N2O/c1-11(9-15-14(3,4)5)10-16-8-6-7-12(2)13(16)17/h11-12,15H,6-10H2,1-5H3. The number of hydrogen-bond acceptors (Lipinski definition) is 2. The summed E-state index contributed by atoms with van der Waals surface area (Å²) in [6, 6.07) is 0. The van der Waals surface area contributed by atoms with Gasteiger partial charge in [-0.15, -0.1) is 0 Å². The maximum absolute atomic E-state index is 12.0. The van der Waals surface area contributed by atoms with Gasteiger partial charge in [0.1, 0.15) is 0 Å². The Hall–Kier alpha value is -0.570. The number of amides is 1. The molecule has 100 valence electrons. The van der Waals surface area contributed by atoms with Gasteiger partial charge in [0.15, 0.2) is 0 Å². The van der Waals surface area contributed by atoms with Gasteiger partial charge in [-0.3, -0.25) is 4.79 Å². The summed E-state index contributed by atoms with van der Waals surface area (Å²) in [5.74, 6) is 1.09. The van der Waals surface area contributed by atoms with Crippen molar-refractivity contribution in [1.29, 1.82) is 0 Å². The molecule has 0 aromatic rings. The van der Waals surface area contributed by atoms with Crippen LogP contribution in [0, 0.1) is 11.8 Å². The fraction of sp³-hybridized carbons (Fsp3) is 0.929. The van der Waals surface area contributed by atoms with Gasteiger partial charge in [0, 0.05) is 24.5 Å². The Bertz CT molecular complexity index is 257. The number of hydrogen-bond donors (Lipinski definition) is 1. The molecular weight excluding hydrogens is 212 g/mol. The second-order valence-corrected chi connectivity index (χ2v) is 6.56. The molecule has 1 aliphatic rings. The highest BCUT2D eigenvalue weighted by Crippen LogP contribution is 2.18. The Morgan fingerprint density at radius 3 is 2.71 bits per heavy atom. The fourth-order valence-corrected chi connectivity index (χ4v) is 2.24. The largest absolute Gasteiger partial charge is 0.342 e. The predicted octanol–water partition coefficient (Wildman–Crippen LogP) is 2.27. The molecule has 0 spiro atoms. The SMILES string of the molecule is CC(CNC(C)(C)C)CN1CCCC(C)C1=O. The Labute approximate surface area is 106 Å². The maximum atomic E-state index is 12.0. The summed E-state index contributed by atoms with van der Waals surface area (Å²) in [7, 11) is 0. The van der Waals surface area contributed by atoms with Gasteiger partial charge in [-0.05, 0) is 46.1 Å². The van der Waals surface area contributed by atoms with Gasteiger partial charge >= 0.3 is 0 Å². The maximum Gasteiger partial charge on any atom is 0.225 e. The van der Waals surface area contributed by atoms with E-state index in [1.165, 1.54) is 0 Å². The van der Waals surface area contributed by atoms with E-state index in [4.69, 9.17) is 0 Å². The van der Waals surface area contributed by atoms with Crippen LogP contribution in [0.25, 0.3) is 0 Å². The zero-order valence-electron chi connectivity index (χ0n) is 12.0. The smallest absolute Gasteiger partial charge is 0.225 e. The summed E-state index contributed by atoms with van der Waals surface area (Å²) in [6.07, 6.45) is 2.22. The average molecular weight is 240 g/mol. The van der Waals surface area contributed by atoms with Gasteiger partial charge in [-0.25, -0.2) is 0 Å². The highest BCUT2D eigenvalue weighted by Gasteiger charge is 2.26. The van der Waals surface area contributed by atoms with Gasteiger partial charge in [0.05, 0.1) is 0 Å². The third-order valence-corrected chi connectivity index (χ3v) is 3.31. The molecule has 0 radical (unpaired) electrons. The van der Waals surface area contributed by atoms with Crippen LogP contribution in [0.2, 0.25) is 0 Å². The van der Waals surface area contributed by atoms with Gasteiger partial charge in [-0.2, -0.15) is 0 Å². The minimum Gasteiger partial charge on any atom is -0.342 e. The molecule has 1 heterocycles. The normalized spacial score (nSPS) is 23.9. The number of carbonyl (C=O) groups is 1. The van der Waals surface area contributed by atoms with E-state index < -0.39 is 0 Å². The van der Waals surface area contributed by atoms with Crippen LogP contribution in [-0.2, 0) is 4.79 Å². The zero-order valence-corrected chi connectivity index (χ0v) is 12.0. The van der Waals surface area contributed by atoms with Crippen molar-refractivity contribution in [2.75, 3.05) is 19.6 Å². The van der Waals surface area contributed by atoms with Crippen molar-refractivity contribution in [3.8, 4) is 0 Å². The van der Waals surface area contributed by atoms with E-state index in [-0.39, 0.29) is 11.5 Å². The van der Waals surface area contributed by atoms with Crippen molar-refractivity contribution in [2.45, 2.75) is 53.0 Å². The molecule has 1 fully saturated rings. The van der Waals surface area contributed by atoms with Crippen molar-refractivity contribution in [2.24, 2.45) is 11.8 Å². The van der Waals surface area contributed by atoms with Crippen LogP contribution < -0.4 is 5.32 Å². The van der Waals surface area contributed by atoms with Crippen molar-refractivity contribution in [1.82, 2.24) is 10.2 Å². The molecular formula is C14H28N2O. The lowest BCUT2D eigenvalue weighted by atomic mass is 9.98. The number of nitrogens with zero attached hydrogens (tertiary/aromatic N) is 1. The van der Waals surface area contributed by atoms with E-state index in [9.17, 15) is 4.79 Å². The number of rotatable bonds is 4. The van der Waals surface area contributed by atoms with Crippen molar-refractivity contribution < 1.29 is 4.79 Å². The Morgan fingerprint density at radius 1 is 1.47 bits per heavy atom. The summed E-state index contributed by atoms with van der Waals surface area (Å²) in [4.78, 5) is 14.0. The van der Waals surface area contributed by atoms with Crippen molar-refractivity contribution in [3.05, 3.63) is 0 Å². The molecule has 0 aromatic heterocycles. The number of carbonyl (C=O) groups excluding carboxylic acids is 1. The van der Waals surface area contributed by atoms with Crippen LogP contribution in [0.15, 0.2) is 0 Å². The first-order valence-corrected chi connectivity index (χ1v) is 6.83. The second kappa shape index (κ2) is 5.85. The molecule has 1 amide bonds. The molecule has 0 saturated carbocycles. The first-order valence-electron chi connectivity index (χ1n) is 6.83. The number of likely N-dealkylation sites (tertiary alicyclic amines) is 1. The third kappa shape index (κ3) is 5.07. The Balaban J connectivity index is 2.35. The van der Waals surface area contributed by atoms with Gasteiger partial charge < -0.3 is 10.2 Å². The van der Waals surface area contributed by atoms with Crippen molar-refractivity contribution >= 4 is 5.91 Å². The topological polar surface area (TPSA) is 32.3 Å². The van der Waals surface area contributed by atoms with Crippen LogP contribution in [0.4, 0.5) is 0 Å². The van der Waals surface area contributed by atoms with E-state index in [0.29, 0.717) is 11.8 Å². The molecule has 1 aliphatic heterocycles. The Kier molecular flexibility index (Phi) is 4.99. The first-order chi connectivity index (χ1) is 7.79. The molecule has 1 N–H and O–H groups in total. The van der Waals surface area contributed by atoms with E-state index >= 15 is 0 Å². The number of piperidine rings is 1. The molecule has 0 bridgehead atoms. The Morgan fingerprint density at radius 2 is 2.12 bits per heavy atom. The molecule has 0 aliphatic carbocycles. The molecule has 3 heteroatoms. The zero-order chi connectivity index (χ0) is 13.1. The molecule has 17 heavy (non-hydrogen) atoms. The summed E-state index contributed by atoms with van der Waals surface area (Å²) >= 11 is 0. The van der Waals surface area contributed by atoms with E-state index in [1.54, 1.807) is 0 Å². The quantitative estimate of drug-likeness (QED) is 0.817. The lowest BCUT2D eigenvalue weighted by Crippen LogP contribution is -2.45. The number of nitrogens with one attached hydrogen (secondary N) is 1.